The molecule has 0 atom stereocenters. The summed E-state index contributed by atoms with van der Waals surface area (Å²) in [5.41, 5.74) is 3.94. The molecule has 0 saturated heterocycles. The molecule has 0 aliphatic heterocycles. The summed E-state index contributed by atoms with van der Waals surface area (Å²) in [6.07, 6.45) is 3.97. The zero-order valence-corrected chi connectivity index (χ0v) is 12.4. The lowest BCUT2D eigenvalue weighted by atomic mass is 10.1. The molecule has 0 saturated carbocycles. The van der Waals surface area contributed by atoms with Crippen molar-refractivity contribution in [2.24, 2.45) is 0 Å². The molecule has 0 N–H and O–H groups in total. The van der Waals surface area contributed by atoms with E-state index in [4.69, 9.17) is 4.42 Å². The molecule has 2 nitrogen and oxygen atoms in total. The maximum Gasteiger partial charge on any atom is 0.135 e. The minimum absolute atomic E-state index is 0.917. The fourth-order valence-corrected chi connectivity index (χ4v) is 2.92. The number of fused-ring (bicyclic) bond motifs is 3. The molecule has 102 valence electrons. The van der Waals surface area contributed by atoms with Gasteiger partial charge in [0, 0.05) is 27.4 Å². The Labute approximate surface area is 126 Å². The largest absolute Gasteiger partial charge is 0.456 e. The van der Waals surface area contributed by atoms with Gasteiger partial charge in [-0.25, -0.2) is 0 Å². The van der Waals surface area contributed by atoms with Gasteiger partial charge < -0.3 is 4.42 Å². The van der Waals surface area contributed by atoms with Gasteiger partial charge in [0.15, 0.2) is 0 Å². The van der Waals surface area contributed by atoms with Crippen LogP contribution in [0.4, 0.5) is 0 Å². The van der Waals surface area contributed by atoms with E-state index in [1.807, 2.05) is 30.5 Å². The first kappa shape index (κ1) is 12.5. The summed E-state index contributed by atoms with van der Waals surface area (Å²) < 4.78 is 5.86. The standard InChI is InChI=1S/C18H13NOS/c1-21-13-7-8-16(19-11-13)12-6-9-18-15(10-12)14-4-2-3-5-17(14)20-18/h2-11H,1H3. The Balaban J connectivity index is 1.90. The molecule has 2 aromatic carbocycles. The third-order valence-electron chi connectivity index (χ3n) is 3.64. The number of thioether (sulfide) groups is 1. The Kier molecular flexibility index (Phi) is 2.93. The molecule has 4 aromatic rings. The van der Waals surface area contributed by atoms with Crippen LogP contribution in [0.2, 0.25) is 0 Å². The molecule has 3 heteroatoms. The van der Waals surface area contributed by atoms with Gasteiger partial charge in [-0.15, -0.1) is 11.8 Å². The fraction of sp³-hybridized carbons (Fsp3) is 0.0556. The van der Waals surface area contributed by atoms with E-state index in [0.717, 1.165) is 33.2 Å². The van der Waals surface area contributed by atoms with Crippen LogP contribution in [0.15, 0.2) is 70.1 Å². The molecular formula is C18H13NOS. The topological polar surface area (TPSA) is 26.0 Å². The highest BCUT2D eigenvalue weighted by Gasteiger charge is 2.08. The number of furan rings is 1. The maximum atomic E-state index is 5.86. The quantitative estimate of drug-likeness (QED) is 0.464. The monoisotopic (exact) mass is 291 g/mol. The van der Waals surface area contributed by atoms with Crippen LogP contribution in [-0.2, 0) is 0 Å². The lowest BCUT2D eigenvalue weighted by Gasteiger charge is -2.02. The summed E-state index contributed by atoms with van der Waals surface area (Å²) >= 11 is 1.70. The van der Waals surface area contributed by atoms with Gasteiger partial charge in [-0.2, -0.15) is 0 Å². The molecule has 2 heterocycles. The average Bonchev–Trinajstić information content (AvgIpc) is 2.93. The number of para-hydroxylation sites is 1. The Bertz CT molecular complexity index is 925. The molecule has 2 aromatic heterocycles. The summed E-state index contributed by atoms with van der Waals surface area (Å²) in [5.74, 6) is 0. The third kappa shape index (κ3) is 2.10. The van der Waals surface area contributed by atoms with Gasteiger partial charge in [-0.05, 0) is 42.7 Å². The number of aromatic nitrogens is 1. The van der Waals surface area contributed by atoms with Crippen LogP contribution in [0.5, 0.6) is 0 Å². The number of hydrogen-bond donors (Lipinski definition) is 0. The second-order valence-electron chi connectivity index (χ2n) is 4.89. The van der Waals surface area contributed by atoms with Gasteiger partial charge in [-0.3, -0.25) is 4.98 Å². The van der Waals surface area contributed by atoms with Crippen LogP contribution in [0, 0.1) is 0 Å². The van der Waals surface area contributed by atoms with Crippen molar-refractivity contribution in [2.45, 2.75) is 4.90 Å². The smallest absolute Gasteiger partial charge is 0.135 e. The van der Waals surface area contributed by atoms with Crippen molar-refractivity contribution in [3.63, 3.8) is 0 Å². The predicted octanol–water partition coefficient (Wildman–Crippen LogP) is 5.37. The normalized spacial score (nSPS) is 11.3. The second kappa shape index (κ2) is 4.93. The van der Waals surface area contributed by atoms with Crippen LogP contribution in [-0.4, -0.2) is 11.2 Å². The van der Waals surface area contributed by atoms with Crippen molar-refractivity contribution in [2.75, 3.05) is 6.26 Å². The number of pyridine rings is 1. The lowest BCUT2D eigenvalue weighted by Crippen LogP contribution is -1.83. The van der Waals surface area contributed by atoms with Crippen molar-refractivity contribution in [1.29, 1.82) is 0 Å². The molecule has 0 aliphatic rings. The average molecular weight is 291 g/mol. The number of benzene rings is 2. The molecule has 0 bridgehead atoms. The molecule has 0 aliphatic carbocycles. The first-order valence-corrected chi connectivity index (χ1v) is 7.99. The van der Waals surface area contributed by atoms with Crippen LogP contribution in [0.3, 0.4) is 0 Å². The van der Waals surface area contributed by atoms with Crippen LogP contribution in [0.1, 0.15) is 0 Å². The summed E-state index contributed by atoms with van der Waals surface area (Å²) in [7, 11) is 0. The van der Waals surface area contributed by atoms with Gasteiger partial charge in [0.05, 0.1) is 5.69 Å². The van der Waals surface area contributed by atoms with E-state index in [1.165, 1.54) is 4.90 Å². The first-order chi connectivity index (χ1) is 10.3. The minimum atomic E-state index is 0.917. The Hall–Kier alpha value is -2.26. The minimum Gasteiger partial charge on any atom is -0.456 e. The van der Waals surface area contributed by atoms with Crippen LogP contribution in [0.25, 0.3) is 33.2 Å². The Morgan fingerprint density at radius 2 is 1.76 bits per heavy atom. The molecule has 0 spiro atoms. The number of rotatable bonds is 2. The molecule has 21 heavy (non-hydrogen) atoms. The highest BCUT2D eigenvalue weighted by molar-refractivity contribution is 7.98. The number of nitrogens with zero attached hydrogens (tertiary/aromatic N) is 1. The lowest BCUT2D eigenvalue weighted by molar-refractivity contribution is 0.669. The van der Waals surface area contributed by atoms with E-state index >= 15 is 0 Å². The van der Waals surface area contributed by atoms with E-state index < -0.39 is 0 Å². The Morgan fingerprint density at radius 3 is 2.57 bits per heavy atom. The van der Waals surface area contributed by atoms with Gasteiger partial charge >= 0.3 is 0 Å². The zero-order valence-electron chi connectivity index (χ0n) is 11.5. The van der Waals surface area contributed by atoms with Crippen molar-refractivity contribution in [3.8, 4) is 11.3 Å². The van der Waals surface area contributed by atoms with Gasteiger partial charge in [-0.1, -0.05) is 18.2 Å². The molecule has 0 unspecified atom stereocenters. The van der Waals surface area contributed by atoms with Crippen molar-refractivity contribution in [3.05, 3.63) is 60.8 Å². The van der Waals surface area contributed by atoms with E-state index in [-0.39, 0.29) is 0 Å². The van der Waals surface area contributed by atoms with Gasteiger partial charge in [0.25, 0.3) is 0 Å². The van der Waals surface area contributed by atoms with Crippen molar-refractivity contribution < 1.29 is 4.42 Å². The van der Waals surface area contributed by atoms with E-state index in [9.17, 15) is 0 Å². The van der Waals surface area contributed by atoms with Gasteiger partial charge in [0.1, 0.15) is 11.2 Å². The summed E-state index contributed by atoms with van der Waals surface area (Å²) in [5, 5.41) is 2.29. The van der Waals surface area contributed by atoms with E-state index in [2.05, 4.69) is 41.6 Å². The highest BCUT2D eigenvalue weighted by Crippen LogP contribution is 2.31. The summed E-state index contributed by atoms with van der Waals surface area (Å²) in [4.78, 5) is 5.71. The summed E-state index contributed by atoms with van der Waals surface area (Å²) in [6.45, 7) is 0. The molecule has 0 amide bonds. The van der Waals surface area contributed by atoms with E-state index in [1.54, 1.807) is 11.8 Å². The SMILES string of the molecule is CSc1ccc(-c2ccc3oc4ccccc4c3c2)nc1. The van der Waals surface area contributed by atoms with Crippen LogP contribution >= 0.6 is 11.8 Å². The molecule has 0 radical (unpaired) electrons. The van der Waals surface area contributed by atoms with E-state index in [0.29, 0.717) is 0 Å². The fourth-order valence-electron chi connectivity index (χ4n) is 2.56. The molecule has 4 rings (SSSR count). The maximum absolute atomic E-state index is 5.86. The molecular weight excluding hydrogens is 278 g/mol. The first-order valence-electron chi connectivity index (χ1n) is 6.77. The number of hydrogen-bond acceptors (Lipinski definition) is 3. The predicted molar refractivity (Wildman–Crippen MR) is 88.7 cm³/mol. The molecule has 0 fully saturated rings. The van der Waals surface area contributed by atoms with Crippen LogP contribution < -0.4 is 0 Å². The summed E-state index contributed by atoms with van der Waals surface area (Å²) in [6, 6.07) is 18.5. The Morgan fingerprint density at radius 1 is 0.905 bits per heavy atom. The van der Waals surface area contributed by atoms with Gasteiger partial charge in [0.2, 0.25) is 0 Å². The second-order valence-corrected chi connectivity index (χ2v) is 5.77. The third-order valence-corrected chi connectivity index (χ3v) is 4.36. The highest BCUT2D eigenvalue weighted by atomic mass is 32.2. The van der Waals surface area contributed by atoms with Crippen molar-refractivity contribution >= 4 is 33.7 Å². The van der Waals surface area contributed by atoms with Crippen molar-refractivity contribution in [1.82, 2.24) is 4.98 Å². The zero-order chi connectivity index (χ0) is 14.2.